The third-order valence-corrected chi connectivity index (χ3v) is 5.19. The Balaban J connectivity index is 1.71. The maximum absolute atomic E-state index is 13.9. The summed E-state index contributed by atoms with van der Waals surface area (Å²) in [5.74, 6) is 1.70. The molecule has 0 fully saturated rings. The van der Waals surface area contributed by atoms with Gasteiger partial charge in [0.05, 0.1) is 25.3 Å². The lowest BCUT2D eigenvalue weighted by Gasteiger charge is -2.13. The number of halogens is 1. The van der Waals surface area contributed by atoms with Crippen LogP contribution in [0.25, 0.3) is 22.4 Å². The molecule has 0 aliphatic carbocycles. The van der Waals surface area contributed by atoms with Gasteiger partial charge in [-0.15, -0.1) is 0 Å². The standard InChI is InChI=1S/C25H23FN2O4/c1-15-8-9-22(32-15)21-12-18(17-13-23(30-2)24(31-3)14-20(17)28-21)25(29)27-11-10-16-6-4-5-7-19(16)26/h4-9,12-14H,10-11H2,1-3H3,(H,27,29). The molecule has 164 valence electrons. The second-order valence-corrected chi connectivity index (χ2v) is 7.29. The Morgan fingerprint density at radius 3 is 2.50 bits per heavy atom. The number of benzene rings is 2. The fourth-order valence-electron chi connectivity index (χ4n) is 3.55. The van der Waals surface area contributed by atoms with Gasteiger partial charge >= 0.3 is 0 Å². The van der Waals surface area contributed by atoms with Crippen molar-refractivity contribution >= 4 is 16.8 Å². The van der Waals surface area contributed by atoms with Crippen molar-refractivity contribution in [3.8, 4) is 23.0 Å². The minimum Gasteiger partial charge on any atom is -0.493 e. The van der Waals surface area contributed by atoms with Crippen molar-refractivity contribution in [2.75, 3.05) is 20.8 Å². The number of carbonyl (C=O) groups excluding carboxylic acids is 1. The summed E-state index contributed by atoms with van der Waals surface area (Å²) >= 11 is 0. The van der Waals surface area contributed by atoms with Gasteiger partial charge in [0, 0.05) is 18.0 Å². The minimum atomic E-state index is -0.300. The fraction of sp³-hybridized carbons (Fsp3) is 0.200. The van der Waals surface area contributed by atoms with Crippen LogP contribution in [0.4, 0.5) is 4.39 Å². The zero-order valence-electron chi connectivity index (χ0n) is 18.1. The van der Waals surface area contributed by atoms with Crippen LogP contribution in [0.1, 0.15) is 21.7 Å². The molecule has 4 aromatic rings. The smallest absolute Gasteiger partial charge is 0.252 e. The summed E-state index contributed by atoms with van der Waals surface area (Å²) in [5, 5.41) is 3.49. The van der Waals surface area contributed by atoms with Crippen LogP contribution in [-0.4, -0.2) is 31.7 Å². The number of hydrogen-bond acceptors (Lipinski definition) is 5. The van der Waals surface area contributed by atoms with Gasteiger partial charge in [-0.1, -0.05) is 18.2 Å². The lowest BCUT2D eigenvalue weighted by Crippen LogP contribution is -2.26. The van der Waals surface area contributed by atoms with Gasteiger partial charge in [0.25, 0.3) is 5.91 Å². The number of nitrogens with zero attached hydrogens (tertiary/aromatic N) is 1. The molecule has 0 atom stereocenters. The van der Waals surface area contributed by atoms with E-state index < -0.39 is 0 Å². The number of pyridine rings is 1. The summed E-state index contributed by atoms with van der Waals surface area (Å²) in [6.45, 7) is 2.13. The predicted molar refractivity (Wildman–Crippen MR) is 120 cm³/mol. The normalized spacial score (nSPS) is 10.9. The van der Waals surface area contributed by atoms with Crippen molar-refractivity contribution in [3.05, 3.63) is 77.3 Å². The second-order valence-electron chi connectivity index (χ2n) is 7.29. The molecular weight excluding hydrogens is 411 g/mol. The van der Waals surface area contributed by atoms with Crippen molar-refractivity contribution in [2.24, 2.45) is 0 Å². The Labute approximate surface area is 185 Å². The molecule has 0 aliphatic heterocycles. The van der Waals surface area contributed by atoms with E-state index in [1.54, 1.807) is 43.5 Å². The highest BCUT2D eigenvalue weighted by Gasteiger charge is 2.18. The Hall–Kier alpha value is -3.87. The highest BCUT2D eigenvalue weighted by molar-refractivity contribution is 6.07. The van der Waals surface area contributed by atoms with Gasteiger partial charge in [0.2, 0.25) is 0 Å². The number of aromatic nitrogens is 1. The molecule has 0 saturated carbocycles. The number of furan rings is 1. The van der Waals surface area contributed by atoms with Crippen molar-refractivity contribution in [3.63, 3.8) is 0 Å². The lowest BCUT2D eigenvalue weighted by molar-refractivity contribution is 0.0955. The van der Waals surface area contributed by atoms with Crippen LogP contribution in [0, 0.1) is 12.7 Å². The summed E-state index contributed by atoms with van der Waals surface area (Å²) in [5.41, 5.74) is 2.05. The quantitative estimate of drug-likeness (QED) is 0.446. The van der Waals surface area contributed by atoms with Crippen LogP contribution in [0.15, 0.2) is 59.0 Å². The zero-order chi connectivity index (χ0) is 22.7. The predicted octanol–water partition coefficient (Wildman–Crippen LogP) is 4.93. The van der Waals surface area contributed by atoms with Crippen LogP contribution in [0.2, 0.25) is 0 Å². The molecule has 0 saturated heterocycles. The van der Waals surface area contributed by atoms with E-state index in [2.05, 4.69) is 10.3 Å². The van der Waals surface area contributed by atoms with E-state index in [1.165, 1.54) is 13.2 Å². The van der Waals surface area contributed by atoms with E-state index in [0.717, 1.165) is 5.76 Å². The number of ether oxygens (including phenoxy) is 2. The third-order valence-electron chi connectivity index (χ3n) is 5.19. The summed E-state index contributed by atoms with van der Waals surface area (Å²) in [6.07, 6.45) is 0.378. The molecule has 1 amide bonds. The molecule has 0 aliphatic rings. The van der Waals surface area contributed by atoms with Crippen molar-refractivity contribution in [1.82, 2.24) is 10.3 Å². The number of methoxy groups -OCH3 is 2. The minimum absolute atomic E-state index is 0.284. The van der Waals surface area contributed by atoms with Gasteiger partial charge in [-0.3, -0.25) is 4.79 Å². The molecule has 1 N–H and O–H groups in total. The van der Waals surface area contributed by atoms with Gasteiger partial charge in [-0.25, -0.2) is 9.37 Å². The van der Waals surface area contributed by atoms with Crippen LogP contribution >= 0.6 is 0 Å². The van der Waals surface area contributed by atoms with Crippen LogP contribution < -0.4 is 14.8 Å². The molecule has 32 heavy (non-hydrogen) atoms. The summed E-state index contributed by atoms with van der Waals surface area (Å²) in [7, 11) is 3.07. The number of nitrogens with one attached hydrogen (secondary N) is 1. The number of carbonyl (C=O) groups is 1. The second kappa shape index (κ2) is 9.09. The van der Waals surface area contributed by atoms with Gasteiger partial charge in [0.15, 0.2) is 17.3 Å². The monoisotopic (exact) mass is 434 g/mol. The molecule has 4 rings (SSSR count). The van der Waals surface area contributed by atoms with Crippen molar-refractivity contribution < 1.29 is 23.1 Å². The molecule has 2 aromatic heterocycles. The molecular formula is C25H23FN2O4. The van der Waals surface area contributed by atoms with Crippen LogP contribution in [-0.2, 0) is 6.42 Å². The molecule has 0 bridgehead atoms. The number of fused-ring (bicyclic) bond motifs is 1. The lowest BCUT2D eigenvalue weighted by atomic mass is 10.0. The van der Waals surface area contributed by atoms with E-state index in [9.17, 15) is 9.18 Å². The van der Waals surface area contributed by atoms with Gasteiger partial charge in [0.1, 0.15) is 17.3 Å². The summed E-state index contributed by atoms with van der Waals surface area (Å²) < 4.78 is 30.4. The van der Waals surface area contributed by atoms with E-state index in [0.29, 0.717) is 51.4 Å². The average Bonchev–Trinajstić information content (AvgIpc) is 3.24. The fourth-order valence-corrected chi connectivity index (χ4v) is 3.55. The van der Waals surface area contributed by atoms with Crippen LogP contribution in [0.3, 0.4) is 0 Å². The highest BCUT2D eigenvalue weighted by Crippen LogP contribution is 2.35. The van der Waals surface area contributed by atoms with Crippen LogP contribution in [0.5, 0.6) is 11.5 Å². The molecule has 2 aromatic carbocycles. The first-order valence-electron chi connectivity index (χ1n) is 10.2. The first-order valence-corrected chi connectivity index (χ1v) is 10.2. The Morgan fingerprint density at radius 2 is 1.81 bits per heavy atom. The van der Waals surface area contributed by atoms with Gasteiger partial charge in [-0.2, -0.15) is 0 Å². The summed E-state index contributed by atoms with van der Waals surface area (Å²) in [6, 6.07) is 15.3. The van der Waals surface area contributed by atoms with Crippen molar-refractivity contribution in [1.29, 1.82) is 0 Å². The maximum Gasteiger partial charge on any atom is 0.252 e. The van der Waals surface area contributed by atoms with E-state index in [4.69, 9.17) is 13.9 Å². The largest absolute Gasteiger partial charge is 0.493 e. The first kappa shape index (κ1) is 21.4. The molecule has 7 heteroatoms. The molecule has 0 unspecified atom stereocenters. The number of amides is 1. The number of aryl methyl sites for hydroxylation is 1. The number of rotatable bonds is 7. The molecule has 0 radical (unpaired) electrons. The number of hydrogen-bond donors (Lipinski definition) is 1. The summed E-state index contributed by atoms with van der Waals surface area (Å²) in [4.78, 5) is 17.8. The zero-order valence-corrected chi connectivity index (χ0v) is 18.1. The SMILES string of the molecule is COc1cc2nc(-c3ccc(C)o3)cc(C(=O)NCCc3ccccc3F)c2cc1OC. The molecule has 6 nitrogen and oxygen atoms in total. The maximum atomic E-state index is 13.9. The highest BCUT2D eigenvalue weighted by atomic mass is 19.1. The third kappa shape index (κ3) is 4.27. The molecule has 2 heterocycles. The first-order chi connectivity index (χ1) is 15.5. The van der Waals surface area contributed by atoms with Gasteiger partial charge < -0.3 is 19.2 Å². The topological polar surface area (TPSA) is 73.6 Å². The van der Waals surface area contributed by atoms with E-state index in [1.807, 2.05) is 19.1 Å². The Morgan fingerprint density at radius 1 is 1.06 bits per heavy atom. The molecule has 0 spiro atoms. The Kier molecular flexibility index (Phi) is 6.07. The van der Waals surface area contributed by atoms with Crippen molar-refractivity contribution in [2.45, 2.75) is 13.3 Å². The average molecular weight is 434 g/mol. The van der Waals surface area contributed by atoms with E-state index in [-0.39, 0.29) is 18.3 Å². The Bertz CT molecular complexity index is 1280. The van der Waals surface area contributed by atoms with E-state index >= 15 is 0 Å². The van der Waals surface area contributed by atoms with Gasteiger partial charge in [-0.05, 0) is 49.2 Å².